The number of aromatic nitrogens is 4. The summed E-state index contributed by atoms with van der Waals surface area (Å²) in [4.78, 5) is 4.32. The quantitative estimate of drug-likeness (QED) is 0.680. The highest BCUT2D eigenvalue weighted by atomic mass is 15.3. The molecule has 0 fully saturated rings. The number of nitrogens with zero attached hydrogens (tertiary/aromatic N) is 4. The van der Waals surface area contributed by atoms with Gasteiger partial charge in [0.2, 0.25) is 0 Å². The van der Waals surface area contributed by atoms with Gasteiger partial charge in [0.25, 0.3) is 0 Å². The average Bonchev–Trinajstić information content (AvgIpc) is 2.86. The van der Waals surface area contributed by atoms with E-state index in [9.17, 15) is 0 Å². The minimum Gasteiger partial charge on any atom is -0.256 e. The lowest BCUT2D eigenvalue weighted by Crippen LogP contribution is -1.85. The highest BCUT2D eigenvalue weighted by Crippen LogP contribution is 2.22. The smallest absolute Gasteiger partial charge is 0.190 e. The Morgan fingerprint density at radius 2 is 2.06 bits per heavy atom. The Labute approximate surface area is 96.7 Å². The van der Waals surface area contributed by atoms with Crippen molar-refractivity contribution in [2.24, 2.45) is 0 Å². The second-order valence-corrected chi connectivity index (χ2v) is 3.55. The number of para-hydroxylation sites is 1. The number of hydrogen-bond acceptors (Lipinski definition) is 4. The number of aromatic amines is 1. The van der Waals surface area contributed by atoms with E-state index in [1.54, 1.807) is 6.20 Å². The maximum absolute atomic E-state index is 8.89. The van der Waals surface area contributed by atoms with Crippen LogP contribution in [0.15, 0.2) is 36.5 Å². The van der Waals surface area contributed by atoms with Gasteiger partial charge in [0.15, 0.2) is 5.69 Å². The van der Waals surface area contributed by atoms with Crippen LogP contribution in [0.5, 0.6) is 0 Å². The van der Waals surface area contributed by atoms with Crippen molar-refractivity contribution in [3.63, 3.8) is 0 Å². The van der Waals surface area contributed by atoms with Crippen molar-refractivity contribution in [1.29, 1.82) is 5.26 Å². The topological polar surface area (TPSA) is 78.2 Å². The summed E-state index contributed by atoms with van der Waals surface area (Å²) in [5.41, 5.74) is 2.51. The Balaban J connectivity index is 2.22. The van der Waals surface area contributed by atoms with Crippen molar-refractivity contribution in [3.8, 4) is 17.3 Å². The van der Waals surface area contributed by atoms with Crippen LogP contribution >= 0.6 is 0 Å². The fraction of sp³-hybridized carbons (Fsp3) is 0. The third-order valence-electron chi connectivity index (χ3n) is 2.52. The number of benzene rings is 1. The first-order valence-corrected chi connectivity index (χ1v) is 5.04. The molecule has 2 aromatic heterocycles. The van der Waals surface area contributed by atoms with E-state index in [0.29, 0.717) is 5.69 Å². The average molecular weight is 221 g/mol. The van der Waals surface area contributed by atoms with Crippen molar-refractivity contribution in [2.45, 2.75) is 0 Å². The van der Waals surface area contributed by atoms with Gasteiger partial charge in [-0.15, -0.1) is 5.10 Å². The zero-order valence-corrected chi connectivity index (χ0v) is 8.75. The number of rotatable bonds is 1. The molecule has 3 aromatic rings. The van der Waals surface area contributed by atoms with Crippen LogP contribution in [0.3, 0.4) is 0 Å². The molecular weight excluding hydrogens is 214 g/mol. The minimum absolute atomic E-state index is 0.280. The molecule has 0 aliphatic rings. The molecule has 1 N–H and O–H groups in total. The van der Waals surface area contributed by atoms with Crippen molar-refractivity contribution >= 4 is 10.9 Å². The van der Waals surface area contributed by atoms with E-state index in [1.807, 2.05) is 36.4 Å². The van der Waals surface area contributed by atoms with E-state index in [1.165, 1.54) is 0 Å². The van der Waals surface area contributed by atoms with E-state index >= 15 is 0 Å². The molecule has 0 radical (unpaired) electrons. The molecule has 0 bridgehead atoms. The SMILES string of the molecule is N#Cc1n[nH]nc1-c1cnc2ccccc2c1. The molecule has 0 atom stereocenters. The highest BCUT2D eigenvalue weighted by Gasteiger charge is 2.10. The Morgan fingerprint density at radius 3 is 2.94 bits per heavy atom. The van der Waals surface area contributed by atoms with Gasteiger partial charge >= 0.3 is 0 Å². The fourth-order valence-corrected chi connectivity index (χ4v) is 1.71. The Morgan fingerprint density at radius 1 is 1.18 bits per heavy atom. The molecule has 3 rings (SSSR count). The molecule has 5 nitrogen and oxygen atoms in total. The highest BCUT2D eigenvalue weighted by molar-refractivity contribution is 5.83. The van der Waals surface area contributed by atoms with Gasteiger partial charge < -0.3 is 0 Å². The van der Waals surface area contributed by atoms with Crippen LogP contribution in [0.25, 0.3) is 22.2 Å². The van der Waals surface area contributed by atoms with E-state index in [-0.39, 0.29) is 5.69 Å². The molecule has 17 heavy (non-hydrogen) atoms. The second-order valence-electron chi connectivity index (χ2n) is 3.55. The molecule has 5 heteroatoms. The van der Waals surface area contributed by atoms with Crippen LogP contribution in [0.2, 0.25) is 0 Å². The third-order valence-corrected chi connectivity index (χ3v) is 2.52. The number of pyridine rings is 1. The van der Waals surface area contributed by atoms with Crippen LogP contribution in [0.4, 0.5) is 0 Å². The molecule has 0 spiro atoms. The van der Waals surface area contributed by atoms with Gasteiger partial charge in [0, 0.05) is 17.1 Å². The van der Waals surface area contributed by atoms with E-state index in [0.717, 1.165) is 16.5 Å². The maximum Gasteiger partial charge on any atom is 0.190 e. The summed E-state index contributed by atoms with van der Waals surface area (Å²) in [6.07, 6.45) is 1.70. The number of hydrogen-bond donors (Lipinski definition) is 1. The molecule has 0 amide bonds. The van der Waals surface area contributed by atoms with Gasteiger partial charge in [-0.25, -0.2) is 0 Å². The summed E-state index contributed by atoms with van der Waals surface area (Å²) in [5, 5.41) is 20.1. The standard InChI is InChI=1S/C12H7N5/c13-6-11-12(16-17-15-11)9-5-8-3-1-2-4-10(8)14-7-9/h1-5,7H,(H,15,16,17). The van der Waals surface area contributed by atoms with Crippen LogP contribution in [0.1, 0.15) is 5.69 Å². The number of fused-ring (bicyclic) bond motifs is 1. The summed E-state index contributed by atoms with van der Waals surface area (Å²) in [6.45, 7) is 0. The van der Waals surface area contributed by atoms with E-state index in [2.05, 4.69) is 20.4 Å². The van der Waals surface area contributed by atoms with Gasteiger partial charge in [-0.05, 0) is 12.1 Å². The van der Waals surface area contributed by atoms with Crippen LogP contribution in [-0.2, 0) is 0 Å². The van der Waals surface area contributed by atoms with Crippen molar-refractivity contribution in [3.05, 3.63) is 42.2 Å². The first kappa shape index (κ1) is 9.48. The first-order chi connectivity index (χ1) is 8.38. The Bertz CT molecular complexity index is 723. The van der Waals surface area contributed by atoms with Crippen LogP contribution in [0, 0.1) is 11.3 Å². The first-order valence-electron chi connectivity index (χ1n) is 5.04. The maximum atomic E-state index is 8.89. The lowest BCUT2D eigenvalue weighted by Gasteiger charge is -1.99. The lowest BCUT2D eigenvalue weighted by atomic mass is 10.1. The molecule has 80 valence electrons. The zero-order chi connectivity index (χ0) is 11.7. The summed E-state index contributed by atoms with van der Waals surface area (Å²) >= 11 is 0. The predicted molar refractivity (Wildman–Crippen MR) is 61.8 cm³/mol. The molecule has 0 saturated heterocycles. The summed E-state index contributed by atoms with van der Waals surface area (Å²) in [6, 6.07) is 11.7. The summed E-state index contributed by atoms with van der Waals surface area (Å²) < 4.78 is 0. The van der Waals surface area contributed by atoms with Gasteiger partial charge in [-0.2, -0.15) is 15.6 Å². The van der Waals surface area contributed by atoms with Gasteiger partial charge in [-0.3, -0.25) is 4.98 Å². The van der Waals surface area contributed by atoms with Crippen LogP contribution in [-0.4, -0.2) is 20.4 Å². The molecule has 1 aromatic carbocycles. The summed E-state index contributed by atoms with van der Waals surface area (Å²) in [5.74, 6) is 0. The van der Waals surface area contributed by atoms with E-state index in [4.69, 9.17) is 5.26 Å². The normalized spacial score (nSPS) is 10.3. The van der Waals surface area contributed by atoms with Crippen LogP contribution < -0.4 is 0 Å². The number of nitrogens with one attached hydrogen (secondary N) is 1. The number of H-pyrrole nitrogens is 1. The largest absolute Gasteiger partial charge is 0.256 e. The van der Waals surface area contributed by atoms with Gasteiger partial charge in [0.05, 0.1) is 5.52 Å². The molecule has 0 unspecified atom stereocenters. The van der Waals surface area contributed by atoms with Crippen molar-refractivity contribution in [2.75, 3.05) is 0 Å². The van der Waals surface area contributed by atoms with Gasteiger partial charge in [0.1, 0.15) is 11.8 Å². The third kappa shape index (κ3) is 1.52. The Kier molecular flexibility index (Phi) is 2.06. The molecular formula is C12H7N5. The monoisotopic (exact) mass is 221 g/mol. The molecule has 0 aliphatic heterocycles. The van der Waals surface area contributed by atoms with Gasteiger partial charge in [-0.1, -0.05) is 18.2 Å². The molecule has 2 heterocycles. The van der Waals surface area contributed by atoms with Crippen molar-refractivity contribution < 1.29 is 0 Å². The predicted octanol–water partition coefficient (Wildman–Crippen LogP) is 1.89. The molecule has 0 saturated carbocycles. The zero-order valence-electron chi connectivity index (χ0n) is 8.75. The minimum atomic E-state index is 0.280. The lowest BCUT2D eigenvalue weighted by molar-refractivity contribution is 0.937. The summed E-state index contributed by atoms with van der Waals surface area (Å²) in [7, 11) is 0. The van der Waals surface area contributed by atoms with Crippen molar-refractivity contribution in [1.82, 2.24) is 20.4 Å². The molecule has 0 aliphatic carbocycles. The number of nitriles is 1. The fourth-order valence-electron chi connectivity index (χ4n) is 1.71. The Hall–Kier alpha value is -2.74. The second kappa shape index (κ2) is 3.68. The van der Waals surface area contributed by atoms with E-state index < -0.39 is 0 Å².